The average Bonchev–Trinajstić information content (AvgIpc) is 2.77. The Kier molecular flexibility index (Phi) is 4.48. The summed E-state index contributed by atoms with van der Waals surface area (Å²) in [5.74, 6) is -0.346. The minimum Gasteiger partial charge on any atom is -0.394 e. The van der Waals surface area contributed by atoms with E-state index in [0.717, 1.165) is 11.3 Å². The molecule has 0 aliphatic heterocycles. The third-order valence-electron chi connectivity index (χ3n) is 2.86. The van der Waals surface area contributed by atoms with Crippen molar-refractivity contribution in [3.05, 3.63) is 27.1 Å². The molecule has 7 nitrogen and oxygen atoms in total. The number of hydrogen-bond acceptors (Lipinski definition) is 6. The lowest BCUT2D eigenvalue weighted by atomic mass is 10.2. The van der Waals surface area contributed by atoms with E-state index in [4.69, 9.17) is 9.84 Å². The third-order valence-corrected chi connectivity index (χ3v) is 4.06. The minimum atomic E-state index is -0.483. The molecule has 1 unspecified atom stereocenters. The SMILES string of the molecule is COCC(CO)NC(=O)c1sc2nc[nH]c(=O)c2c1C. The fraction of sp³-hybridized carbons (Fsp3) is 0.417. The molecule has 0 aliphatic carbocycles. The molecule has 0 aromatic carbocycles. The number of aliphatic hydroxyl groups excluding tert-OH is 1. The number of rotatable bonds is 5. The van der Waals surface area contributed by atoms with Gasteiger partial charge in [0, 0.05) is 7.11 Å². The Hall–Kier alpha value is -1.77. The van der Waals surface area contributed by atoms with E-state index < -0.39 is 6.04 Å². The number of amides is 1. The summed E-state index contributed by atoms with van der Waals surface area (Å²) in [6.07, 6.45) is 1.31. The van der Waals surface area contributed by atoms with Crippen molar-refractivity contribution in [3.63, 3.8) is 0 Å². The normalized spacial score (nSPS) is 12.6. The first-order valence-corrected chi connectivity index (χ1v) is 6.77. The number of nitrogens with one attached hydrogen (secondary N) is 2. The molecule has 0 aliphatic rings. The molecule has 20 heavy (non-hydrogen) atoms. The van der Waals surface area contributed by atoms with Crippen LogP contribution in [0.25, 0.3) is 10.2 Å². The van der Waals surface area contributed by atoms with Crippen molar-refractivity contribution >= 4 is 27.5 Å². The third kappa shape index (κ3) is 2.72. The fourth-order valence-corrected chi connectivity index (χ4v) is 2.94. The van der Waals surface area contributed by atoms with Crippen LogP contribution in [0.2, 0.25) is 0 Å². The first-order valence-electron chi connectivity index (χ1n) is 5.96. The standard InChI is InChI=1S/C12H15N3O4S/c1-6-8-10(17)13-5-14-12(8)20-9(6)11(18)15-7(3-16)4-19-2/h5,7,16H,3-4H2,1-2H3,(H,15,18)(H,13,14,17). The molecule has 0 bridgehead atoms. The van der Waals surface area contributed by atoms with E-state index in [1.54, 1.807) is 6.92 Å². The Balaban J connectivity index is 2.33. The van der Waals surface area contributed by atoms with Crippen molar-refractivity contribution < 1.29 is 14.6 Å². The summed E-state index contributed by atoms with van der Waals surface area (Å²) in [5.41, 5.74) is 0.323. The molecule has 108 valence electrons. The van der Waals surface area contributed by atoms with Gasteiger partial charge in [0.2, 0.25) is 0 Å². The Bertz CT molecular complexity index is 679. The number of aryl methyl sites for hydroxylation is 1. The summed E-state index contributed by atoms with van der Waals surface area (Å²) in [6.45, 7) is 1.70. The quantitative estimate of drug-likeness (QED) is 0.722. The van der Waals surface area contributed by atoms with Gasteiger partial charge in [0.25, 0.3) is 11.5 Å². The van der Waals surface area contributed by atoms with Gasteiger partial charge < -0.3 is 20.1 Å². The highest BCUT2D eigenvalue weighted by atomic mass is 32.1. The summed E-state index contributed by atoms with van der Waals surface area (Å²) in [7, 11) is 1.49. The highest BCUT2D eigenvalue weighted by Crippen LogP contribution is 2.26. The number of carbonyl (C=O) groups excluding carboxylic acids is 1. The summed E-state index contributed by atoms with van der Waals surface area (Å²) in [5, 5.41) is 12.2. The van der Waals surface area contributed by atoms with E-state index in [1.165, 1.54) is 13.4 Å². The lowest BCUT2D eigenvalue weighted by molar-refractivity contribution is 0.0843. The zero-order chi connectivity index (χ0) is 14.7. The Labute approximate surface area is 118 Å². The molecule has 2 heterocycles. The van der Waals surface area contributed by atoms with Crippen molar-refractivity contribution in [2.75, 3.05) is 20.3 Å². The Morgan fingerprint density at radius 3 is 3.00 bits per heavy atom. The first-order chi connectivity index (χ1) is 9.58. The number of fused-ring (bicyclic) bond motifs is 1. The summed E-state index contributed by atoms with van der Waals surface area (Å²) >= 11 is 1.15. The smallest absolute Gasteiger partial charge is 0.262 e. The number of nitrogens with zero attached hydrogens (tertiary/aromatic N) is 1. The Morgan fingerprint density at radius 1 is 1.65 bits per heavy atom. The molecule has 0 radical (unpaired) electrons. The van der Waals surface area contributed by atoms with E-state index in [-0.39, 0.29) is 24.7 Å². The van der Waals surface area contributed by atoms with Gasteiger partial charge >= 0.3 is 0 Å². The van der Waals surface area contributed by atoms with Gasteiger partial charge in [-0.05, 0) is 12.5 Å². The average molecular weight is 297 g/mol. The molecule has 1 amide bonds. The highest BCUT2D eigenvalue weighted by molar-refractivity contribution is 7.20. The molecule has 2 aromatic rings. The molecule has 8 heteroatoms. The largest absolute Gasteiger partial charge is 0.394 e. The van der Waals surface area contributed by atoms with Gasteiger partial charge in [0.05, 0.1) is 35.8 Å². The number of aromatic amines is 1. The second kappa shape index (κ2) is 6.12. The number of aliphatic hydroxyl groups is 1. The van der Waals surface area contributed by atoms with Crippen LogP contribution >= 0.6 is 11.3 Å². The number of H-pyrrole nitrogens is 1. The van der Waals surface area contributed by atoms with Gasteiger partial charge in [0.15, 0.2) is 0 Å². The highest BCUT2D eigenvalue weighted by Gasteiger charge is 2.20. The van der Waals surface area contributed by atoms with Crippen LogP contribution in [0.5, 0.6) is 0 Å². The van der Waals surface area contributed by atoms with Crippen molar-refractivity contribution in [1.29, 1.82) is 0 Å². The molecule has 0 saturated carbocycles. The topological polar surface area (TPSA) is 104 Å². The van der Waals surface area contributed by atoms with Crippen LogP contribution in [-0.2, 0) is 4.74 Å². The predicted molar refractivity (Wildman–Crippen MR) is 75.2 cm³/mol. The van der Waals surface area contributed by atoms with E-state index in [9.17, 15) is 9.59 Å². The number of thiophene rings is 1. The fourth-order valence-electron chi connectivity index (χ4n) is 1.89. The zero-order valence-electron chi connectivity index (χ0n) is 11.1. The monoisotopic (exact) mass is 297 g/mol. The van der Waals surface area contributed by atoms with Crippen molar-refractivity contribution in [2.45, 2.75) is 13.0 Å². The summed E-state index contributed by atoms with van der Waals surface area (Å²) in [4.78, 5) is 31.4. The number of hydrogen-bond donors (Lipinski definition) is 3. The van der Waals surface area contributed by atoms with Crippen LogP contribution in [0, 0.1) is 6.92 Å². The molecular weight excluding hydrogens is 282 g/mol. The molecule has 3 N–H and O–H groups in total. The number of aromatic nitrogens is 2. The first kappa shape index (κ1) is 14.6. The van der Waals surface area contributed by atoms with Gasteiger partial charge in [-0.2, -0.15) is 0 Å². The second-order valence-corrected chi connectivity index (χ2v) is 5.28. The van der Waals surface area contributed by atoms with Gasteiger partial charge in [-0.3, -0.25) is 9.59 Å². The number of ether oxygens (including phenoxy) is 1. The van der Waals surface area contributed by atoms with E-state index in [1.807, 2.05) is 0 Å². The second-order valence-electron chi connectivity index (χ2n) is 4.28. The van der Waals surface area contributed by atoms with E-state index >= 15 is 0 Å². The lowest BCUT2D eigenvalue weighted by Gasteiger charge is -2.14. The minimum absolute atomic E-state index is 0.213. The van der Waals surface area contributed by atoms with Gasteiger partial charge in [0.1, 0.15) is 4.83 Å². The molecule has 0 fully saturated rings. The molecule has 0 spiro atoms. The van der Waals surface area contributed by atoms with Crippen LogP contribution in [-0.4, -0.2) is 47.3 Å². The van der Waals surface area contributed by atoms with E-state index in [0.29, 0.717) is 20.7 Å². The van der Waals surface area contributed by atoms with Crippen LogP contribution in [0.1, 0.15) is 15.2 Å². The van der Waals surface area contributed by atoms with Gasteiger partial charge in [-0.1, -0.05) is 0 Å². The molecule has 2 rings (SSSR count). The maximum atomic E-state index is 12.2. The Morgan fingerprint density at radius 2 is 2.40 bits per heavy atom. The van der Waals surface area contributed by atoms with Gasteiger partial charge in [-0.15, -0.1) is 11.3 Å². The van der Waals surface area contributed by atoms with Crippen LogP contribution in [0.3, 0.4) is 0 Å². The van der Waals surface area contributed by atoms with Crippen LogP contribution < -0.4 is 10.9 Å². The predicted octanol–water partition coefficient (Wildman–Crippen LogP) is 0.0301. The summed E-state index contributed by atoms with van der Waals surface area (Å²) in [6, 6.07) is -0.483. The number of carbonyl (C=O) groups is 1. The maximum Gasteiger partial charge on any atom is 0.262 e. The van der Waals surface area contributed by atoms with E-state index in [2.05, 4.69) is 15.3 Å². The van der Waals surface area contributed by atoms with Crippen LogP contribution in [0.15, 0.2) is 11.1 Å². The molecule has 2 aromatic heterocycles. The number of methoxy groups -OCH3 is 1. The van der Waals surface area contributed by atoms with Crippen LogP contribution in [0.4, 0.5) is 0 Å². The molecular formula is C12H15N3O4S. The maximum absolute atomic E-state index is 12.2. The molecule has 1 atom stereocenters. The zero-order valence-corrected chi connectivity index (χ0v) is 11.9. The van der Waals surface area contributed by atoms with Gasteiger partial charge in [-0.25, -0.2) is 4.98 Å². The summed E-state index contributed by atoms with van der Waals surface area (Å²) < 4.78 is 4.90. The lowest BCUT2D eigenvalue weighted by Crippen LogP contribution is -2.40. The molecule has 0 saturated heterocycles. The van der Waals surface area contributed by atoms with Crippen molar-refractivity contribution in [2.24, 2.45) is 0 Å². The van der Waals surface area contributed by atoms with Crippen molar-refractivity contribution in [3.8, 4) is 0 Å². The van der Waals surface area contributed by atoms with Crippen molar-refractivity contribution in [1.82, 2.24) is 15.3 Å².